The fourth-order valence-corrected chi connectivity index (χ4v) is 4.52. The van der Waals surface area contributed by atoms with Crippen LogP contribution in [0.1, 0.15) is 27.5 Å². The van der Waals surface area contributed by atoms with E-state index >= 15 is 0 Å². The summed E-state index contributed by atoms with van der Waals surface area (Å²) < 4.78 is 0. The molecule has 136 valence electrons. The van der Waals surface area contributed by atoms with E-state index < -0.39 is 11.9 Å². The predicted octanol–water partition coefficient (Wildman–Crippen LogP) is 3.39. The summed E-state index contributed by atoms with van der Waals surface area (Å²) in [6, 6.07) is 15.8. The van der Waals surface area contributed by atoms with E-state index in [1.54, 1.807) is 11.8 Å². The number of aryl methyl sites for hydroxylation is 2. The number of carboxylic acid groups (broad SMARTS) is 1. The Morgan fingerprint density at radius 2 is 2.04 bits per heavy atom. The molecule has 5 heteroatoms. The highest BCUT2D eigenvalue weighted by Crippen LogP contribution is 2.36. The lowest BCUT2D eigenvalue weighted by Crippen LogP contribution is -2.37. The molecule has 26 heavy (non-hydrogen) atoms. The molecule has 0 spiro atoms. The van der Waals surface area contributed by atoms with Gasteiger partial charge in [0.1, 0.15) is 5.25 Å². The van der Waals surface area contributed by atoms with Gasteiger partial charge in [0.15, 0.2) is 0 Å². The maximum Gasteiger partial charge on any atom is 0.308 e. The van der Waals surface area contributed by atoms with Gasteiger partial charge in [-0.15, -0.1) is 11.8 Å². The van der Waals surface area contributed by atoms with E-state index in [-0.39, 0.29) is 17.7 Å². The van der Waals surface area contributed by atoms with Gasteiger partial charge in [0.25, 0.3) is 0 Å². The third kappa shape index (κ3) is 4.47. The van der Waals surface area contributed by atoms with Gasteiger partial charge in [-0.05, 0) is 42.2 Å². The van der Waals surface area contributed by atoms with Crippen LogP contribution in [0.4, 0.5) is 0 Å². The quantitative estimate of drug-likeness (QED) is 0.819. The van der Waals surface area contributed by atoms with Gasteiger partial charge in [-0.1, -0.05) is 54.1 Å². The van der Waals surface area contributed by atoms with Crippen molar-refractivity contribution in [1.29, 1.82) is 0 Å². The van der Waals surface area contributed by atoms with Crippen LogP contribution in [0.2, 0.25) is 0 Å². The van der Waals surface area contributed by atoms with Gasteiger partial charge in [-0.25, -0.2) is 0 Å². The number of benzene rings is 2. The van der Waals surface area contributed by atoms with Crippen LogP contribution < -0.4 is 5.32 Å². The zero-order valence-electron chi connectivity index (χ0n) is 14.8. The molecule has 2 aromatic carbocycles. The molecule has 2 aromatic rings. The third-order valence-electron chi connectivity index (χ3n) is 4.67. The largest absolute Gasteiger partial charge is 0.481 e. The van der Waals surface area contributed by atoms with E-state index in [0.717, 1.165) is 28.9 Å². The minimum absolute atomic E-state index is 0.0994. The second-order valence-electron chi connectivity index (χ2n) is 6.67. The van der Waals surface area contributed by atoms with E-state index in [0.29, 0.717) is 6.42 Å². The van der Waals surface area contributed by atoms with Gasteiger partial charge in [0.2, 0.25) is 5.91 Å². The van der Waals surface area contributed by atoms with Crippen LogP contribution >= 0.6 is 11.8 Å². The van der Waals surface area contributed by atoms with E-state index in [9.17, 15) is 14.7 Å². The van der Waals surface area contributed by atoms with Crippen molar-refractivity contribution in [3.8, 4) is 0 Å². The van der Waals surface area contributed by atoms with Crippen molar-refractivity contribution >= 4 is 23.6 Å². The number of hydrogen-bond acceptors (Lipinski definition) is 3. The molecule has 2 N–H and O–H groups in total. The average molecular weight is 369 g/mol. The second-order valence-corrected chi connectivity index (χ2v) is 7.89. The summed E-state index contributed by atoms with van der Waals surface area (Å²) in [4.78, 5) is 24.3. The topological polar surface area (TPSA) is 66.4 Å². The maximum absolute atomic E-state index is 12.7. The lowest BCUT2D eigenvalue weighted by molar-refractivity contribution is -0.141. The first kappa shape index (κ1) is 18.5. The van der Waals surface area contributed by atoms with Gasteiger partial charge in [0.05, 0.1) is 5.92 Å². The summed E-state index contributed by atoms with van der Waals surface area (Å²) in [7, 11) is 0. The number of carbonyl (C=O) groups excluding carboxylic acids is 1. The lowest BCUT2D eigenvalue weighted by atomic mass is 9.97. The van der Waals surface area contributed by atoms with E-state index in [2.05, 4.69) is 11.4 Å². The molecular formula is C21H23NO3S. The monoisotopic (exact) mass is 369 g/mol. The molecule has 0 saturated heterocycles. The number of hydrogen-bond donors (Lipinski definition) is 2. The number of fused-ring (bicyclic) bond motifs is 1. The highest BCUT2D eigenvalue weighted by molar-refractivity contribution is 8.00. The van der Waals surface area contributed by atoms with Crippen molar-refractivity contribution < 1.29 is 14.7 Å². The summed E-state index contributed by atoms with van der Waals surface area (Å²) in [5.41, 5.74) is 4.34. The number of thioether (sulfide) groups is 1. The highest BCUT2D eigenvalue weighted by atomic mass is 32.2. The average Bonchev–Trinajstić information content (AvgIpc) is 2.64. The molecule has 1 heterocycles. The molecule has 0 aromatic heterocycles. The smallest absolute Gasteiger partial charge is 0.308 e. The second kappa shape index (κ2) is 8.41. The highest BCUT2D eigenvalue weighted by Gasteiger charge is 2.28. The molecule has 1 aliphatic heterocycles. The van der Waals surface area contributed by atoms with E-state index in [1.807, 2.05) is 49.4 Å². The van der Waals surface area contributed by atoms with Crippen LogP contribution in [0.5, 0.6) is 0 Å². The van der Waals surface area contributed by atoms with Crippen LogP contribution in [0, 0.1) is 12.8 Å². The molecule has 2 atom stereocenters. The summed E-state index contributed by atoms with van der Waals surface area (Å²) in [6.45, 7) is 2.13. The van der Waals surface area contributed by atoms with E-state index in [4.69, 9.17) is 0 Å². The van der Waals surface area contributed by atoms with Crippen LogP contribution in [0.15, 0.2) is 48.5 Å². The molecule has 0 bridgehead atoms. The Labute approximate surface area is 158 Å². The van der Waals surface area contributed by atoms with Crippen molar-refractivity contribution in [3.05, 3.63) is 70.8 Å². The standard InChI is InChI=1S/C21H23NO3S/c1-14-5-4-6-15(11-14)12-17(21(24)25)13-22-20(23)19-18-8-3-2-7-16(18)9-10-26-19/h2-8,11,17,19H,9-10,12-13H2,1H3,(H,22,23)(H,24,25). The SMILES string of the molecule is Cc1cccc(CC(CNC(=O)C2SCCc3ccccc32)C(=O)O)c1. The van der Waals surface area contributed by atoms with Gasteiger partial charge >= 0.3 is 5.97 Å². The summed E-state index contributed by atoms with van der Waals surface area (Å²) in [5, 5.41) is 12.1. The van der Waals surface area contributed by atoms with Crippen molar-refractivity contribution in [2.75, 3.05) is 12.3 Å². The summed E-state index contributed by atoms with van der Waals surface area (Å²) >= 11 is 1.62. The molecule has 1 amide bonds. The zero-order valence-corrected chi connectivity index (χ0v) is 15.6. The van der Waals surface area contributed by atoms with Crippen molar-refractivity contribution in [2.24, 2.45) is 5.92 Å². The number of aliphatic carboxylic acids is 1. The molecule has 1 aliphatic rings. The molecule has 0 aliphatic carbocycles. The summed E-state index contributed by atoms with van der Waals surface area (Å²) in [5.74, 6) is -0.716. The van der Waals surface area contributed by atoms with Crippen molar-refractivity contribution in [2.45, 2.75) is 25.0 Å². The predicted molar refractivity (Wildman–Crippen MR) is 104 cm³/mol. The number of carbonyl (C=O) groups is 2. The Balaban J connectivity index is 1.64. The normalized spacial score (nSPS) is 17.2. The molecule has 0 saturated carbocycles. The van der Waals surface area contributed by atoms with E-state index in [1.165, 1.54) is 5.56 Å². The minimum Gasteiger partial charge on any atom is -0.481 e. The van der Waals surface area contributed by atoms with Crippen LogP contribution in [-0.2, 0) is 22.4 Å². The molecular weight excluding hydrogens is 346 g/mol. The molecule has 4 nitrogen and oxygen atoms in total. The Morgan fingerprint density at radius 1 is 1.23 bits per heavy atom. The molecule has 0 radical (unpaired) electrons. The zero-order chi connectivity index (χ0) is 18.5. The molecule has 2 unspecified atom stereocenters. The lowest BCUT2D eigenvalue weighted by Gasteiger charge is -2.25. The van der Waals surface area contributed by atoms with Crippen LogP contribution in [-0.4, -0.2) is 29.3 Å². The van der Waals surface area contributed by atoms with Crippen LogP contribution in [0.3, 0.4) is 0 Å². The maximum atomic E-state index is 12.7. The molecule has 0 fully saturated rings. The van der Waals surface area contributed by atoms with Gasteiger partial charge < -0.3 is 10.4 Å². The van der Waals surface area contributed by atoms with Crippen molar-refractivity contribution in [3.63, 3.8) is 0 Å². The Hall–Kier alpha value is -2.27. The minimum atomic E-state index is -0.886. The molecule has 3 rings (SSSR count). The van der Waals surface area contributed by atoms with Crippen molar-refractivity contribution in [1.82, 2.24) is 5.32 Å². The Kier molecular flexibility index (Phi) is 5.99. The van der Waals surface area contributed by atoms with Crippen LogP contribution in [0.25, 0.3) is 0 Å². The Bertz CT molecular complexity index is 805. The number of amides is 1. The number of rotatable bonds is 6. The van der Waals surface area contributed by atoms with Gasteiger partial charge in [-0.2, -0.15) is 0 Å². The number of nitrogens with one attached hydrogen (secondary N) is 1. The first-order valence-electron chi connectivity index (χ1n) is 8.80. The Morgan fingerprint density at radius 3 is 2.81 bits per heavy atom. The number of carboxylic acids is 1. The fourth-order valence-electron chi connectivity index (χ4n) is 3.30. The van der Waals surface area contributed by atoms with Gasteiger partial charge in [0, 0.05) is 6.54 Å². The summed E-state index contributed by atoms with van der Waals surface area (Å²) in [6.07, 6.45) is 1.38. The first-order valence-corrected chi connectivity index (χ1v) is 9.85. The fraction of sp³-hybridized carbons (Fsp3) is 0.333. The first-order chi connectivity index (χ1) is 12.5. The third-order valence-corrected chi connectivity index (χ3v) is 5.91. The van der Waals surface area contributed by atoms with Gasteiger partial charge in [-0.3, -0.25) is 9.59 Å².